The Morgan fingerprint density at radius 3 is 1.63 bits per heavy atom. The zero-order chi connectivity index (χ0) is 36.4. The molecule has 270 valence electrons. The van der Waals surface area contributed by atoms with E-state index in [-0.39, 0.29) is 35.7 Å². The fourth-order valence-electron chi connectivity index (χ4n) is 7.22. The molecule has 5 N–H and O–H groups in total. The number of H-pyrrole nitrogens is 2. The summed E-state index contributed by atoms with van der Waals surface area (Å²) in [5.41, 5.74) is 3.59. The second-order valence-corrected chi connectivity index (χ2v) is 14.0. The number of nitrogens with one attached hydrogen (secondary N) is 4. The van der Waals surface area contributed by atoms with Crippen LogP contribution in [0, 0.1) is 11.8 Å². The Morgan fingerprint density at radius 2 is 1.22 bits per heavy atom. The van der Waals surface area contributed by atoms with Crippen molar-refractivity contribution in [3.63, 3.8) is 0 Å². The van der Waals surface area contributed by atoms with Gasteiger partial charge in [0.05, 0.1) is 43.0 Å². The Kier molecular flexibility index (Phi) is 10.3. The fourth-order valence-corrected chi connectivity index (χ4v) is 7.22. The van der Waals surface area contributed by atoms with Gasteiger partial charge in [-0.1, -0.05) is 52.0 Å². The summed E-state index contributed by atoms with van der Waals surface area (Å²) in [5, 5.41) is 16.4. The number of amides is 4. The summed E-state index contributed by atoms with van der Waals surface area (Å²) in [7, 11) is 1.28. The lowest BCUT2D eigenvalue weighted by Crippen LogP contribution is -2.51. The Labute approximate surface area is 296 Å². The third-order valence-electron chi connectivity index (χ3n) is 9.96. The van der Waals surface area contributed by atoms with E-state index in [1.54, 1.807) is 22.2 Å². The zero-order valence-electron chi connectivity index (χ0n) is 29.6. The Hall–Kier alpha value is -5.40. The first-order valence-electron chi connectivity index (χ1n) is 17.5. The van der Waals surface area contributed by atoms with Crippen LogP contribution in [0.5, 0.6) is 0 Å². The standard InChI is InChI=1S/C37H46N8O6/c1-20(2)30(42-36(48)49)34(46)44-14-6-8-28(44)32-38-18-26(40-32)24-12-10-23-17-25(13-11-22(23)16-24)27-19-39-33(41-27)29-9-7-15-45(29)35(47)31(21(3)4)43-37(50)51-5/h10-13,16-21,28-31,42H,6-9,14-15H2,1-5H3,(H,38,40)(H,39,41)(H,43,50)(H,48,49)/t28-,29?,30-,31-/m0/s1. The van der Waals surface area contributed by atoms with Gasteiger partial charge < -0.3 is 40.2 Å². The number of carbonyl (C=O) groups is 4. The summed E-state index contributed by atoms with van der Waals surface area (Å²) in [6.45, 7) is 8.57. The predicted octanol–water partition coefficient (Wildman–Crippen LogP) is 5.62. The number of aromatic nitrogens is 4. The van der Waals surface area contributed by atoms with Crippen LogP contribution in [0.1, 0.15) is 77.1 Å². The minimum atomic E-state index is -1.22. The number of aromatic amines is 2. The highest BCUT2D eigenvalue weighted by atomic mass is 16.5. The highest BCUT2D eigenvalue weighted by Crippen LogP contribution is 2.35. The van der Waals surface area contributed by atoms with E-state index < -0.39 is 24.3 Å². The SMILES string of the molecule is COC(=O)N[C@H](C(=O)N1CCCC1c1ncc(-c2ccc3cc(-c4cnc([C@@H]5CCCN5C(=O)[C@@H](NC(=O)O)C(C)C)[nH]4)ccc3c2)[nH]1)C(C)C. The van der Waals surface area contributed by atoms with E-state index in [9.17, 15) is 24.3 Å². The number of benzene rings is 2. The van der Waals surface area contributed by atoms with Gasteiger partial charge in [0.2, 0.25) is 11.8 Å². The third kappa shape index (κ3) is 7.40. The summed E-state index contributed by atoms with van der Waals surface area (Å²) in [5.74, 6) is 0.705. The Balaban J connectivity index is 1.17. The fraction of sp³-hybridized carbons (Fsp3) is 0.459. The molecule has 14 nitrogen and oxygen atoms in total. The van der Waals surface area contributed by atoms with E-state index in [1.807, 2.05) is 39.8 Å². The van der Waals surface area contributed by atoms with E-state index in [1.165, 1.54) is 7.11 Å². The number of alkyl carbamates (subject to hydrolysis) is 1. The molecule has 2 saturated heterocycles. The topological polar surface area (TPSA) is 186 Å². The normalized spacial score (nSPS) is 18.7. The molecule has 0 aliphatic carbocycles. The molecule has 4 amide bonds. The van der Waals surface area contributed by atoms with Gasteiger partial charge in [0, 0.05) is 24.2 Å². The first kappa shape index (κ1) is 35.4. The maximum atomic E-state index is 13.5. The number of methoxy groups -OCH3 is 1. The molecule has 0 saturated carbocycles. The van der Waals surface area contributed by atoms with E-state index >= 15 is 0 Å². The van der Waals surface area contributed by atoms with Crippen molar-refractivity contribution in [2.45, 2.75) is 77.5 Å². The summed E-state index contributed by atoms with van der Waals surface area (Å²) in [6, 6.07) is 10.4. The Bertz CT molecular complexity index is 1920. The molecular formula is C37H46N8O6. The first-order chi connectivity index (χ1) is 24.4. The summed E-state index contributed by atoms with van der Waals surface area (Å²) in [6.07, 6.45) is 4.89. The molecule has 2 aromatic heterocycles. The first-order valence-corrected chi connectivity index (χ1v) is 17.5. The molecule has 4 heterocycles. The molecule has 0 bridgehead atoms. The molecule has 2 aromatic carbocycles. The number of nitrogens with zero attached hydrogens (tertiary/aromatic N) is 4. The number of fused-ring (bicyclic) bond motifs is 1. The highest BCUT2D eigenvalue weighted by molar-refractivity contribution is 5.90. The van der Waals surface area contributed by atoms with Gasteiger partial charge in [-0.3, -0.25) is 9.59 Å². The molecule has 4 aromatic rings. The maximum absolute atomic E-state index is 13.5. The van der Waals surface area contributed by atoms with Crippen LogP contribution < -0.4 is 10.6 Å². The van der Waals surface area contributed by atoms with Gasteiger partial charge in [-0.2, -0.15) is 0 Å². The maximum Gasteiger partial charge on any atom is 0.407 e. The molecule has 2 aliphatic rings. The largest absolute Gasteiger partial charge is 0.465 e. The second kappa shape index (κ2) is 14.8. The zero-order valence-corrected chi connectivity index (χ0v) is 29.6. The minimum Gasteiger partial charge on any atom is -0.465 e. The number of carbonyl (C=O) groups excluding carboxylic acids is 3. The quantitative estimate of drug-likeness (QED) is 0.141. The average molecular weight is 699 g/mol. The molecule has 0 spiro atoms. The average Bonchev–Trinajstić information content (AvgIpc) is 3.94. The van der Waals surface area contributed by atoms with Crippen molar-refractivity contribution in [3.8, 4) is 22.5 Å². The molecule has 2 aliphatic heterocycles. The van der Waals surface area contributed by atoms with Crippen molar-refractivity contribution >= 4 is 34.8 Å². The molecule has 2 fully saturated rings. The van der Waals surface area contributed by atoms with Crippen LogP contribution in [0.2, 0.25) is 0 Å². The number of ether oxygens (including phenoxy) is 1. The summed E-state index contributed by atoms with van der Waals surface area (Å²) < 4.78 is 4.75. The number of hydrogen-bond acceptors (Lipinski definition) is 7. The van der Waals surface area contributed by atoms with Crippen molar-refractivity contribution in [3.05, 3.63) is 60.4 Å². The van der Waals surface area contributed by atoms with Crippen molar-refractivity contribution in [1.29, 1.82) is 0 Å². The lowest BCUT2D eigenvalue weighted by molar-refractivity contribution is -0.136. The number of rotatable bonds is 10. The lowest BCUT2D eigenvalue weighted by Gasteiger charge is -2.30. The minimum absolute atomic E-state index is 0.112. The Morgan fingerprint density at radius 1 is 0.765 bits per heavy atom. The molecule has 51 heavy (non-hydrogen) atoms. The predicted molar refractivity (Wildman–Crippen MR) is 190 cm³/mol. The smallest absolute Gasteiger partial charge is 0.407 e. The van der Waals surface area contributed by atoms with Crippen LogP contribution in [-0.2, 0) is 14.3 Å². The van der Waals surface area contributed by atoms with Crippen molar-refractivity contribution < 1.29 is 29.0 Å². The van der Waals surface area contributed by atoms with Gasteiger partial charge in [0.15, 0.2) is 0 Å². The summed E-state index contributed by atoms with van der Waals surface area (Å²) >= 11 is 0. The van der Waals surface area contributed by atoms with Crippen LogP contribution >= 0.6 is 0 Å². The van der Waals surface area contributed by atoms with Crippen LogP contribution in [-0.4, -0.2) is 91.1 Å². The lowest BCUT2D eigenvalue weighted by atomic mass is 10.0. The van der Waals surface area contributed by atoms with Gasteiger partial charge in [0.25, 0.3) is 0 Å². The highest BCUT2D eigenvalue weighted by Gasteiger charge is 2.39. The van der Waals surface area contributed by atoms with Gasteiger partial charge in [-0.15, -0.1) is 0 Å². The summed E-state index contributed by atoms with van der Waals surface area (Å²) in [4.78, 5) is 69.9. The van der Waals surface area contributed by atoms with Gasteiger partial charge >= 0.3 is 12.2 Å². The molecule has 1 unspecified atom stereocenters. The van der Waals surface area contributed by atoms with Gasteiger partial charge in [-0.25, -0.2) is 19.6 Å². The molecular weight excluding hydrogens is 652 g/mol. The van der Waals surface area contributed by atoms with E-state index in [4.69, 9.17) is 4.74 Å². The van der Waals surface area contributed by atoms with E-state index in [0.29, 0.717) is 24.7 Å². The van der Waals surface area contributed by atoms with E-state index in [2.05, 4.69) is 54.8 Å². The van der Waals surface area contributed by atoms with Crippen molar-refractivity contribution in [2.24, 2.45) is 11.8 Å². The van der Waals surface area contributed by atoms with Crippen molar-refractivity contribution in [2.75, 3.05) is 20.2 Å². The number of imidazole rings is 2. The molecule has 4 atom stereocenters. The molecule has 6 rings (SSSR count). The van der Waals surface area contributed by atoms with Crippen LogP contribution in [0.15, 0.2) is 48.8 Å². The number of likely N-dealkylation sites (tertiary alicyclic amines) is 2. The molecule has 0 radical (unpaired) electrons. The van der Waals surface area contributed by atoms with Crippen LogP contribution in [0.25, 0.3) is 33.3 Å². The third-order valence-corrected chi connectivity index (χ3v) is 9.96. The van der Waals surface area contributed by atoms with Crippen molar-refractivity contribution in [1.82, 2.24) is 40.4 Å². The van der Waals surface area contributed by atoms with Gasteiger partial charge in [-0.05, 0) is 60.4 Å². The monoisotopic (exact) mass is 698 g/mol. The number of carboxylic acid groups (broad SMARTS) is 1. The van der Waals surface area contributed by atoms with E-state index in [0.717, 1.165) is 59.0 Å². The van der Waals surface area contributed by atoms with Gasteiger partial charge in [0.1, 0.15) is 23.7 Å². The van der Waals surface area contributed by atoms with Crippen LogP contribution in [0.4, 0.5) is 9.59 Å². The van der Waals surface area contributed by atoms with Crippen LogP contribution in [0.3, 0.4) is 0 Å². The molecule has 14 heteroatoms. The second-order valence-electron chi connectivity index (χ2n) is 14.0. The number of hydrogen-bond donors (Lipinski definition) is 5.